The van der Waals surface area contributed by atoms with Crippen molar-refractivity contribution in [3.8, 4) is 5.75 Å². The maximum atomic E-state index is 9.95. The summed E-state index contributed by atoms with van der Waals surface area (Å²) in [6.07, 6.45) is 0.907. The van der Waals surface area contributed by atoms with Gasteiger partial charge >= 0.3 is 0 Å². The SMILES string of the molecule is CCc1nnc(CN2CCN(c3ccccc3O)CC2)n1C. The van der Waals surface area contributed by atoms with Gasteiger partial charge in [-0.15, -0.1) is 10.2 Å². The third-order valence-electron chi connectivity index (χ3n) is 4.33. The first-order valence-corrected chi connectivity index (χ1v) is 7.81. The molecule has 0 amide bonds. The van der Waals surface area contributed by atoms with Crippen molar-refractivity contribution >= 4 is 5.69 Å². The van der Waals surface area contributed by atoms with E-state index in [1.807, 2.05) is 25.2 Å². The third-order valence-corrected chi connectivity index (χ3v) is 4.33. The lowest BCUT2D eigenvalue weighted by Gasteiger charge is -2.36. The molecule has 1 fully saturated rings. The molecule has 0 bridgehead atoms. The molecule has 2 aromatic rings. The first kappa shape index (κ1) is 14.8. The van der Waals surface area contributed by atoms with E-state index in [2.05, 4.69) is 31.5 Å². The fourth-order valence-corrected chi connectivity index (χ4v) is 2.92. The average molecular weight is 301 g/mol. The second-order valence-electron chi connectivity index (χ2n) is 5.70. The number of phenols is 1. The topological polar surface area (TPSA) is 57.4 Å². The van der Waals surface area contributed by atoms with E-state index < -0.39 is 0 Å². The van der Waals surface area contributed by atoms with Gasteiger partial charge in [-0.3, -0.25) is 4.90 Å². The number of hydrogen-bond donors (Lipinski definition) is 1. The van der Waals surface area contributed by atoms with Crippen molar-refractivity contribution in [2.75, 3.05) is 31.1 Å². The number of piperazine rings is 1. The molecule has 0 radical (unpaired) electrons. The molecule has 1 aliphatic rings. The summed E-state index contributed by atoms with van der Waals surface area (Å²) in [5, 5.41) is 18.5. The number of phenolic OH excluding ortho intramolecular Hbond substituents is 1. The average Bonchev–Trinajstić information content (AvgIpc) is 2.89. The molecule has 1 aromatic heterocycles. The summed E-state index contributed by atoms with van der Waals surface area (Å²) in [6, 6.07) is 7.54. The zero-order valence-electron chi connectivity index (χ0n) is 13.2. The van der Waals surface area contributed by atoms with Crippen LogP contribution in [-0.4, -0.2) is 50.9 Å². The van der Waals surface area contributed by atoms with Crippen LogP contribution in [0.5, 0.6) is 5.75 Å². The molecule has 1 aliphatic heterocycles. The summed E-state index contributed by atoms with van der Waals surface area (Å²) < 4.78 is 2.09. The number of anilines is 1. The van der Waals surface area contributed by atoms with Gasteiger partial charge in [0.15, 0.2) is 0 Å². The van der Waals surface area contributed by atoms with Crippen molar-refractivity contribution in [2.45, 2.75) is 19.9 Å². The molecule has 1 N–H and O–H groups in total. The Bertz CT molecular complexity index is 631. The van der Waals surface area contributed by atoms with Crippen molar-refractivity contribution in [1.29, 1.82) is 0 Å². The van der Waals surface area contributed by atoms with Gasteiger partial charge in [0.05, 0.1) is 12.2 Å². The van der Waals surface area contributed by atoms with Crippen molar-refractivity contribution in [3.63, 3.8) is 0 Å². The van der Waals surface area contributed by atoms with Gasteiger partial charge in [0.2, 0.25) is 0 Å². The molecule has 0 aliphatic carbocycles. The highest BCUT2D eigenvalue weighted by Crippen LogP contribution is 2.27. The summed E-state index contributed by atoms with van der Waals surface area (Å²) >= 11 is 0. The molecular weight excluding hydrogens is 278 g/mol. The third kappa shape index (κ3) is 2.92. The quantitative estimate of drug-likeness (QED) is 0.925. The van der Waals surface area contributed by atoms with Gasteiger partial charge in [-0.05, 0) is 12.1 Å². The molecule has 1 aromatic carbocycles. The Labute approximate surface area is 131 Å². The van der Waals surface area contributed by atoms with Crippen molar-refractivity contribution in [3.05, 3.63) is 35.9 Å². The minimum absolute atomic E-state index is 0.358. The smallest absolute Gasteiger partial charge is 0.146 e. The van der Waals surface area contributed by atoms with Crippen LogP contribution in [0.25, 0.3) is 0 Å². The molecule has 1 saturated heterocycles. The maximum Gasteiger partial charge on any atom is 0.146 e. The van der Waals surface area contributed by atoms with Crippen LogP contribution in [-0.2, 0) is 20.0 Å². The van der Waals surface area contributed by atoms with Gasteiger partial charge < -0.3 is 14.6 Å². The number of rotatable bonds is 4. The molecule has 118 valence electrons. The Morgan fingerprint density at radius 2 is 1.73 bits per heavy atom. The Hall–Kier alpha value is -2.08. The van der Waals surface area contributed by atoms with Crippen LogP contribution in [0.2, 0.25) is 0 Å². The number of aromatic nitrogens is 3. The van der Waals surface area contributed by atoms with Crippen LogP contribution in [0.3, 0.4) is 0 Å². The molecule has 6 nitrogen and oxygen atoms in total. The predicted molar refractivity (Wildman–Crippen MR) is 86.0 cm³/mol. The largest absolute Gasteiger partial charge is 0.506 e. The van der Waals surface area contributed by atoms with Gasteiger partial charge in [0.1, 0.15) is 17.4 Å². The Morgan fingerprint density at radius 3 is 2.36 bits per heavy atom. The van der Waals surface area contributed by atoms with Crippen LogP contribution < -0.4 is 4.90 Å². The first-order chi connectivity index (χ1) is 10.7. The fraction of sp³-hybridized carbons (Fsp3) is 0.500. The molecule has 22 heavy (non-hydrogen) atoms. The highest BCUT2D eigenvalue weighted by atomic mass is 16.3. The van der Waals surface area contributed by atoms with Crippen molar-refractivity contribution in [1.82, 2.24) is 19.7 Å². The first-order valence-electron chi connectivity index (χ1n) is 7.81. The lowest BCUT2D eigenvalue weighted by molar-refractivity contribution is 0.241. The molecule has 0 unspecified atom stereocenters. The number of hydrogen-bond acceptors (Lipinski definition) is 5. The summed E-state index contributed by atoms with van der Waals surface area (Å²) in [5.74, 6) is 2.41. The van der Waals surface area contributed by atoms with Crippen molar-refractivity contribution < 1.29 is 5.11 Å². The van der Waals surface area contributed by atoms with Gasteiger partial charge in [-0.25, -0.2) is 0 Å². The van der Waals surface area contributed by atoms with Crippen molar-refractivity contribution in [2.24, 2.45) is 7.05 Å². The van der Waals surface area contributed by atoms with Gasteiger partial charge in [0.25, 0.3) is 0 Å². The van der Waals surface area contributed by atoms with E-state index in [4.69, 9.17) is 0 Å². The molecular formula is C16H23N5O. The van der Waals surface area contributed by atoms with E-state index in [9.17, 15) is 5.11 Å². The highest BCUT2D eigenvalue weighted by Gasteiger charge is 2.20. The lowest BCUT2D eigenvalue weighted by Crippen LogP contribution is -2.46. The summed E-state index contributed by atoms with van der Waals surface area (Å²) in [5.41, 5.74) is 0.925. The highest BCUT2D eigenvalue weighted by molar-refractivity contribution is 5.57. The zero-order valence-corrected chi connectivity index (χ0v) is 13.2. The lowest BCUT2D eigenvalue weighted by atomic mass is 10.2. The normalized spacial score (nSPS) is 16.2. The zero-order chi connectivity index (χ0) is 15.5. The molecule has 6 heteroatoms. The Balaban J connectivity index is 1.60. The standard InChI is InChI=1S/C16H23N5O/c1-3-15-17-18-16(19(15)2)12-20-8-10-21(11-9-20)13-6-4-5-7-14(13)22/h4-7,22H,3,8-12H2,1-2H3. The van der Waals surface area contributed by atoms with Gasteiger partial charge in [-0.1, -0.05) is 19.1 Å². The minimum atomic E-state index is 0.358. The fourth-order valence-electron chi connectivity index (χ4n) is 2.92. The van der Waals surface area contributed by atoms with Gasteiger partial charge in [-0.2, -0.15) is 0 Å². The van der Waals surface area contributed by atoms with Gasteiger partial charge in [0, 0.05) is 39.6 Å². The van der Waals surface area contributed by atoms with E-state index in [0.29, 0.717) is 5.75 Å². The van der Waals surface area contributed by atoms with E-state index in [1.165, 1.54) is 0 Å². The molecule has 0 atom stereocenters. The predicted octanol–water partition coefficient (Wildman–Crippen LogP) is 1.41. The van der Waals surface area contributed by atoms with Crippen LogP contribution in [0.15, 0.2) is 24.3 Å². The van der Waals surface area contributed by atoms with E-state index >= 15 is 0 Å². The number of benzene rings is 1. The number of aromatic hydroxyl groups is 1. The molecule has 2 heterocycles. The van der Waals surface area contributed by atoms with E-state index in [0.717, 1.165) is 56.5 Å². The second kappa shape index (κ2) is 6.36. The van der Waals surface area contributed by atoms with E-state index in [1.54, 1.807) is 6.07 Å². The Kier molecular flexibility index (Phi) is 4.29. The van der Waals surface area contributed by atoms with Crippen LogP contribution >= 0.6 is 0 Å². The van der Waals surface area contributed by atoms with Crippen LogP contribution in [0.1, 0.15) is 18.6 Å². The molecule has 0 saturated carbocycles. The second-order valence-corrected chi connectivity index (χ2v) is 5.70. The maximum absolute atomic E-state index is 9.95. The monoisotopic (exact) mass is 301 g/mol. The molecule has 0 spiro atoms. The molecule has 3 rings (SSSR count). The number of nitrogens with zero attached hydrogens (tertiary/aromatic N) is 5. The minimum Gasteiger partial charge on any atom is -0.506 e. The summed E-state index contributed by atoms with van der Waals surface area (Å²) in [4.78, 5) is 4.62. The Morgan fingerprint density at radius 1 is 1.05 bits per heavy atom. The number of aryl methyl sites for hydroxylation is 1. The number of para-hydroxylation sites is 2. The summed E-state index contributed by atoms with van der Waals surface area (Å²) in [6.45, 7) is 6.68. The van der Waals surface area contributed by atoms with Crippen LogP contribution in [0.4, 0.5) is 5.69 Å². The van der Waals surface area contributed by atoms with E-state index in [-0.39, 0.29) is 0 Å². The summed E-state index contributed by atoms with van der Waals surface area (Å²) in [7, 11) is 2.03. The van der Waals surface area contributed by atoms with Crippen LogP contribution in [0, 0.1) is 0 Å².